The molecule has 0 spiro atoms. The fourth-order valence-corrected chi connectivity index (χ4v) is 6.35. The molecule has 1 saturated heterocycles. The number of aromatic nitrogens is 2. The molecule has 1 N–H and O–H groups in total. The summed E-state index contributed by atoms with van der Waals surface area (Å²) in [5.74, 6) is 0.304. The first-order valence-corrected chi connectivity index (χ1v) is 17.1. The number of thiazole rings is 1. The highest BCUT2D eigenvalue weighted by atomic mass is 32.2. The maximum atomic E-state index is 13.5. The van der Waals surface area contributed by atoms with Gasteiger partial charge in [0.15, 0.2) is 10.8 Å². The molecule has 0 bridgehead atoms. The van der Waals surface area contributed by atoms with Gasteiger partial charge in [-0.05, 0) is 31.0 Å². The van der Waals surface area contributed by atoms with Crippen molar-refractivity contribution in [3.8, 4) is 0 Å². The van der Waals surface area contributed by atoms with Gasteiger partial charge < -0.3 is 19.6 Å². The largest absolute Gasteiger partial charge is 0.465 e. The highest BCUT2D eigenvalue weighted by Gasteiger charge is 2.31. The molecule has 1 aliphatic rings. The molecule has 2 aromatic rings. The third-order valence-electron chi connectivity index (χ3n) is 5.85. The molecule has 1 unspecified atom stereocenters. The lowest BCUT2D eigenvalue weighted by Crippen LogP contribution is -2.37. The lowest BCUT2D eigenvalue weighted by molar-refractivity contribution is 0.155. The van der Waals surface area contributed by atoms with Crippen LogP contribution in [0.4, 0.5) is 16.3 Å². The van der Waals surface area contributed by atoms with Crippen LogP contribution in [0.15, 0.2) is 28.2 Å². The van der Waals surface area contributed by atoms with Crippen LogP contribution >= 0.6 is 11.3 Å². The summed E-state index contributed by atoms with van der Waals surface area (Å²) < 4.78 is 33.9. The topological polar surface area (TPSA) is 116 Å². The SMILES string of the molecule is Cc1cc(S(=O)(=O)N(COCC[Si](C)(C)C)c2cscn2)ncc1N(C)C1CCN(C(=O)O)C1. The van der Waals surface area contributed by atoms with E-state index in [1.165, 1.54) is 22.4 Å². The minimum Gasteiger partial charge on any atom is -0.465 e. The lowest BCUT2D eigenvalue weighted by atomic mass is 10.1. The molecule has 10 nitrogen and oxygen atoms in total. The van der Waals surface area contributed by atoms with E-state index < -0.39 is 24.2 Å². The molecular formula is C21H33N5O5S2Si. The number of rotatable bonds is 10. The van der Waals surface area contributed by atoms with Crippen LogP contribution < -0.4 is 9.21 Å². The minimum atomic E-state index is -4.00. The number of pyridine rings is 1. The van der Waals surface area contributed by atoms with Crippen LogP contribution in [-0.2, 0) is 14.8 Å². The fourth-order valence-electron chi connectivity index (χ4n) is 3.69. The second kappa shape index (κ2) is 10.6. The molecule has 0 aromatic carbocycles. The van der Waals surface area contributed by atoms with Crippen LogP contribution in [-0.4, -0.2) is 82.1 Å². The van der Waals surface area contributed by atoms with Gasteiger partial charge in [0.25, 0.3) is 10.0 Å². The van der Waals surface area contributed by atoms with E-state index >= 15 is 0 Å². The maximum absolute atomic E-state index is 13.5. The molecule has 0 saturated carbocycles. The number of aryl methyl sites for hydroxylation is 1. The van der Waals surface area contributed by atoms with Crippen molar-refractivity contribution >= 4 is 47.0 Å². The Bertz CT molecular complexity index is 1090. The molecule has 0 radical (unpaired) electrons. The van der Waals surface area contributed by atoms with Crippen molar-refractivity contribution in [2.24, 2.45) is 0 Å². The molecule has 1 amide bonds. The average Bonchev–Trinajstić information content (AvgIpc) is 3.44. The van der Waals surface area contributed by atoms with Gasteiger partial charge in [-0.2, -0.15) is 8.42 Å². The van der Waals surface area contributed by atoms with Gasteiger partial charge in [-0.25, -0.2) is 19.1 Å². The van der Waals surface area contributed by atoms with Gasteiger partial charge in [-0.15, -0.1) is 11.3 Å². The van der Waals surface area contributed by atoms with Gasteiger partial charge >= 0.3 is 6.09 Å². The average molecular weight is 528 g/mol. The molecule has 34 heavy (non-hydrogen) atoms. The van der Waals surface area contributed by atoms with Crippen LogP contribution in [0.5, 0.6) is 0 Å². The zero-order valence-corrected chi connectivity index (χ0v) is 22.9. The van der Waals surface area contributed by atoms with Gasteiger partial charge in [-0.1, -0.05) is 19.6 Å². The van der Waals surface area contributed by atoms with Gasteiger partial charge in [0, 0.05) is 46.2 Å². The van der Waals surface area contributed by atoms with E-state index in [4.69, 9.17) is 4.74 Å². The van der Waals surface area contributed by atoms with E-state index in [9.17, 15) is 18.3 Å². The van der Waals surface area contributed by atoms with Crippen molar-refractivity contribution in [3.05, 3.63) is 28.7 Å². The quantitative estimate of drug-likeness (QED) is 0.283. The third-order valence-corrected chi connectivity index (χ3v) is 9.76. The van der Waals surface area contributed by atoms with Crippen LogP contribution in [0.3, 0.4) is 0 Å². The summed E-state index contributed by atoms with van der Waals surface area (Å²) in [6.07, 6.45) is 1.31. The number of likely N-dealkylation sites (tertiary alicyclic amines) is 1. The Morgan fingerprint density at radius 1 is 1.35 bits per heavy atom. The van der Waals surface area contributed by atoms with E-state index in [2.05, 4.69) is 29.6 Å². The Hall–Kier alpha value is -2.22. The minimum absolute atomic E-state index is 0.00493. The second-order valence-electron chi connectivity index (χ2n) is 9.64. The summed E-state index contributed by atoms with van der Waals surface area (Å²) in [5, 5.41) is 10.8. The van der Waals surface area contributed by atoms with E-state index in [0.29, 0.717) is 31.9 Å². The predicted octanol–water partition coefficient (Wildman–Crippen LogP) is 3.54. The molecule has 13 heteroatoms. The standard InChI is InChI=1S/C21H33N5O5S2Si/c1-16-10-20(22-11-18(16)24(2)17-6-7-25(12-17)21(27)28)33(29,30)26(19-13-32-14-23-19)15-31-8-9-34(3,4)5/h10-11,13-14,17H,6-9,12,15H2,1-5H3,(H,27,28). The van der Waals surface area contributed by atoms with Crippen molar-refractivity contribution in [1.29, 1.82) is 0 Å². The molecular weight excluding hydrogens is 494 g/mol. The monoisotopic (exact) mass is 527 g/mol. The van der Waals surface area contributed by atoms with Gasteiger partial charge in [0.2, 0.25) is 0 Å². The zero-order chi connectivity index (χ0) is 25.1. The fraction of sp³-hybridized carbons (Fsp3) is 0.571. The van der Waals surface area contributed by atoms with Gasteiger partial charge in [0.1, 0.15) is 6.73 Å². The smallest absolute Gasteiger partial charge is 0.407 e. The van der Waals surface area contributed by atoms with Crippen LogP contribution in [0, 0.1) is 6.92 Å². The summed E-state index contributed by atoms with van der Waals surface area (Å²) in [4.78, 5) is 23.1. The van der Waals surface area contributed by atoms with E-state index in [-0.39, 0.29) is 17.8 Å². The number of amides is 1. The molecule has 1 fully saturated rings. The number of hydrogen-bond acceptors (Lipinski definition) is 8. The Kier molecular flexibility index (Phi) is 8.21. The van der Waals surface area contributed by atoms with Gasteiger partial charge in [0.05, 0.1) is 17.4 Å². The first kappa shape index (κ1) is 26.4. The van der Waals surface area contributed by atoms with Gasteiger partial charge in [-0.3, -0.25) is 0 Å². The lowest BCUT2D eigenvalue weighted by Gasteiger charge is -2.28. The van der Waals surface area contributed by atoms with Crippen LogP contribution in [0.25, 0.3) is 0 Å². The number of likely N-dealkylation sites (N-methyl/N-ethyl adjacent to an activating group) is 1. The molecule has 1 atom stereocenters. The molecule has 2 aromatic heterocycles. The molecule has 3 rings (SSSR count). The normalized spacial score (nSPS) is 16.6. The summed E-state index contributed by atoms with van der Waals surface area (Å²) in [5.41, 5.74) is 3.09. The first-order chi connectivity index (χ1) is 15.9. The van der Waals surface area contributed by atoms with E-state index in [1.54, 1.807) is 17.0 Å². The predicted molar refractivity (Wildman–Crippen MR) is 136 cm³/mol. The third kappa shape index (κ3) is 6.26. The Morgan fingerprint density at radius 3 is 2.65 bits per heavy atom. The highest BCUT2D eigenvalue weighted by Crippen LogP contribution is 2.28. The van der Waals surface area contributed by atoms with Crippen molar-refractivity contribution < 1.29 is 23.1 Å². The number of nitrogens with zero attached hydrogens (tertiary/aromatic N) is 5. The Morgan fingerprint density at radius 2 is 2.09 bits per heavy atom. The second-order valence-corrected chi connectivity index (χ2v) is 17.8. The summed E-state index contributed by atoms with van der Waals surface area (Å²) in [6, 6.07) is 2.48. The first-order valence-electron chi connectivity index (χ1n) is 11.1. The molecule has 3 heterocycles. The number of anilines is 2. The van der Waals surface area contributed by atoms with Crippen molar-refractivity contribution in [2.45, 2.75) is 50.1 Å². The molecule has 1 aliphatic heterocycles. The van der Waals surface area contributed by atoms with Crippen molar-refractivity contribution in [1.82, 2.24) is 14.9 Å². The van der Waals surface area contributed by atoms with Crippen LogP contribution in [0.1, 0.15) is 12.0 Å². The number of ether oxygens (including phenoxy) is 1. The number of carbonyl (C=O) groups is 1. The summed E-state index contributed by atoms with van der Waals surface area (Å²) in [6.45, 7) is 9.77. The Balaban J connectivity index is 1.79. The number of hydrogen-bond donors (Lipinski definition) is 1. The van der Waals surface area contributed by atoms with Crippen molar-refractivity contribution in [3.63, 3.8) is 0 Å². The van der Waals surface area contributed by atoms with Crippen LogP contribution in [0.2, 0.25) is 25.7 Å². The number of carboxylic acid groups (broad SMARTS) is 1. The Labute approximate surface area is 206 Å². The summed E-state index contributed by atoms with van der Waals surface area (Å²) >= 11 is 1.31. The highest BCUT2D eigenvalue weighted by molar-refractivity contribution is 7.92. The van der Waals surface area contributed by atoms with E-state index in [0.717, 1.165) is 21.6 Å². The number of sulfonamides is 1. The molecule has 188 valence electrons. The van der Waals surface area contributed by atoms with Crippen molar-refractivity contribution in [2.75, 3.05) is 42.7 Å². The summed E-state index contributed by atoms with van der Waals surface area (Å²) in [7, 11) is -3.43. The van der Waals surface area contributed by atoms with E-state index in [1.807, 2.05) is 18.9 Å². The molecule has 0 aliphatic carbocycles. The zero-order valence-electron chi connectivity index (χ0n) is 20.3. The maximum Gasteiger partial charge on any atom is 0.407 e.